The average Bonchev–Trinajstić information content (AvgIpc) is 2.77. The molecule has 0 spiro atoms. The second-order valence-electron chi connectivity index (χ2n) is 6.39. The van der Waals surface area contributed by atoms with Crippen LogP contribution in [0.15, 0.2) is 42.5 Å². The van der Waals surface area contributed by atoms with Gasteiger partial charge in [0.25, 0.3) is 0 Å². The Hall–Kier alpha value is -3.15. The van der Waals surface area contributed by atoms with Gasteiger partial charge in [-0.05, 0) is 49.1 Å². The molecule has 2 aromatic rings. The number of carbonyl (C=O) groups is 2. The Bertz CT molecular complexity index is 815. The number of allylic oxidation sites excluding steroid dienone is 1. The smallest absolute Gasteiger partial charge is 0.305 e. The first kappa shape index (κ1) is 22.1. The van der Waals surface area contributed by atoms with Crippen LogP contribution in [0.25, 0.3) is 6.08 Å². The van der Waals surface area contributed by atoms with Gasteiger partial charge in [0.2, 0.25) is 0 Å². The SMILES string of the molecule is COC(=O)CCc1nc(C=O)ccc1OCCCC/C=C/c1ccc(OC)cc1. The molecule has 154 valence electrons. The number of ether oxygens (including phenoxy) is 3. The van der Waals surface area contributed by atoms with Crippen molar-refractivity contribution in [1.82, 2.24) is 4.98 Å². The highest BCUT2D eigenvalue weighted by atomic mass is 16.5. The molecule has 1 heterocycles. The molecule has 0 fully saturated rings. The number of unbranched alkanes of at least 4 members (excludes halogenated alkanes) is 2. The predicted molar refractivity (Wildman–Crippen MR) is 111 cm³/mol. The number of carbonyl (C=O) groups excluding carboxylic acids is 2. The molecule has 0 saturated heterocycles. The predicted octanol–water partition coefficient (Wildman–Crippen LogP) is 4.27. The van der Waals surface area contributed by atoms with E-state index in [1.54, 1.807) is 19.2 Å². The van der Waals surface area contributed by atoms with E-state index in [1.165, 1.54) is 7.11 Å². The van der Waals surface area contributed by atoms with Gasteiger partial charge in [-0.25, -0.2) is 4.98 Å². The molecule has 1 aromatic heterocycles. The molecule has 0 bridgehead atoms. The maximum atomic E-state index is 11.4. The summed E-state index contributed by atoms with van der Waals surface area (Å²) in [5, 5.41) is 0. The van der Waals surface area contributed by atoms with Gasteiger partial charge in [0, 0.05) is 6.42 Å². The third-order valence-electron chi connectivity index (χ3n) is 4.32. The number of hydrogen-bond acceptors (Lipinski definition) is 6. The van der Waals surface area contributed by atoms with Gasteiger partial charge in [-0.3, -0.25) is 9.59 Å². The second kappa shape index (κ2) is 12.3. The minimum absolute atomic E-state index is 0.193. The van der Waals surface area contributed by atoms with Gasteiger partial charge in [-0.1, -0.05) is 24.3 Å². The number of aryl methyl sites for hydroxylation is 1. The lowest BCUT2D eigenvalue weighted by Gasteiger charge is -2.11. The van der Waals surface area contributed by atoms with Gasteiger partial charge in [0.05, 0.1) is 32.9 Å². The van der Waals surface area contributed by atoms with Crippen LogP contribution in [-0.2, 0) is 16.0 Å². The molecule has 0 aliphatic heterocycles. The lowest BCUT2D eigenvalue weighted by Crippen LogP contribution is -2.07. The van der Waals surface area contributed by atoms with Crippen molar-refractivity contribution in [2.45, 2.75) is 32.1 Å². The Labute approximate surface area is 171 Å². The van der Waals surface area contributed by atoms with Crippen molar-refractivity contribution in [2.24, 2.45) is 0 Å². The zero-order chi connectivity index (χ0) is 20.9. The van der Waals surface area contributed by atoms with Gasteiger partial charge >= 0.3 is 5.97 Å². The van der Waals surface area contributed by atoms with Gasteiger partial charge in [-0.15, -0.1) is 0 Å². The topological polar surface area (TPSA) is 74.7 Å². The highest BCUT2D eigenvalue weighted by Crippen LogP contribution is 2.19. The van der Waals surface area contributed by atoms with E-state index in [-0.39, 0.29) is 12.4 Å². The Balaban J connectivity index is 1.76. The average molecular weight is 397 g/mol. The van der Waals surface area contributed by atoms with Crippen LogP contribution in [-0.4, -0.2) is 38.1 Å². The molecule has 0 radical (unpaired) electrons. The van der Waals surface area contributed by atoms with E-state index in [1.807, 2.05) is 24.3 Å². The fourth-order valence-electron chi connectivity index (χ4n) is 2.68. The fraction of sp³-hybridized carbons (Fsp3) is 0.348. The summed E-state index contributed by atoms with van der Waals surface area (Å²) < 4.78 is 15.6. The summed E-state index contributed by atoms with van der Waals surface area (Å²) in [6.45, 7) is 0.545. The monoisotopic (exact) mass is 397 g/mol. The molecule has 6 nitrogen and oxygen atoms in total. The summed E-state index contributed by atoms with van der Waals surface area (Å²) >= 11 is 0. The molecule has 29 heavy (non-hydrogen) atoms. The van der Waals surface area contributed by atoms with Gasteiger partial charge in [0.1, 0.15) is 17.2 Å². The molecule has 0 aliphatic carbocycles. The zero-order valence-electron chi connectivity index (χ0n) is 16.9. The summed E-state index contributed by atoms with van der Waals surface area (Å²) in [5.41, 5.74) is 2.05. The quantitative estimate of drug-likeness (QED) is 0.302. The zero-order valence-corrected chi connectivity index (χ0v) is 16.9. The van der Waals surface area contributed by atoms with Crippen molar-refractivity contribution in [3.8, 4) is 11.5 Å². The van der Waals surface area contributed by atoms with E-state index >= 15 is 0 Å². The van der Waals surface area contributed by atoms with E-state index in [4.69, 9.17) is 9.47 Å². The van der Waals surface area contributed by atoms with Crippen LogP contribution >= 0.6 is 0 Å². The number of esters is 1. The number of pyridine rings is 1. The maximum Gasteiger partial charge on any atom is 0.305 e. The summed E-state index contributed by atoms with van der Waals surface area (Å²) in [6, 6.07) is 11.3. The first-order valence-corrected chi connectivity index (χ1v) is 9.61. The summed E-state index contributed by atoms with van der Waals surface area (Å²) in [6.07, 6.45) is 8.31. The minimum atomic E-state index is -0.321. The van der Waals surface area contributed by atoms with Gasteiger partial charge < -0.3 is 14.2 Å². The van der Waals surface area contributed by atoms with Crippen LogP contribution in [0.3, 0.4) is 0 Å². The fourth-order valence-corrected chi connectivity index (χ4v) is 2.68. The number of aldehydes is 1. The van der Waals surface area contributed by atoms with Crippen molar-refractivity contribution in [1.29, 1.82) is 0 Å². The first-order valence-electron chi connectivity index (χ1n) is 9.61. The number of methoxy groups -OCH3 is 2. The van der Waals surface area contributed by atoms with Crippen LogP contribution < -0.4 is 9.47 Å². The Morgan fingerprint density at radius 2 is 1.86 bits per heavy atom. The first-order chi connectivity index (χ1) is 14.2. The number of nitrogens with zero attached hydrogens (tertiary/aromatic N) is 1. The van der Waals surface area contributed by atoms with Gasteiger partial charge in [0.15, 0.2) is 6.29 Å². The molecule has 6 heteroatoms. The molecule has 0 aliphatic rings. The molecule has 0 unspecified atom stereocenters. The second-order valence-corrected chi connectivity index (χ2v) is 6.39. The van der Waals surface area contributed by atoms with Crippen LogP contribution in [0.2, 0.25) is 0 Å². The van der Waals surface area contributed by atoms with E-state index in [0.717, 1.165) is 30.6 Å². The summed E-state index contributed by atoms with van der Waals surface area (Å²) in [4.78, 5) is 26.6. The number of benzene rings is 1. The normalized spacial score (nSPS) is 10.7. The molecule has 1 aromatic carbocycles. The molecule has 0 amide bonds. The van der Waals surface area contributed by atoms with Gasteiger partial charge in [-0.2, -0.15) is 0 Å². The standard InChI is InChI=1S/C23H27NO5/c1-27-20-11-8-18(9-12-20)7-5-3-4-6-16-29-22-14-10-19(17-25)24-21(22)13-15-23(26)28-2/h5,7-12,14,17H,3-4,6,13,15-16H2,1-2H3/b7-5+. The van der Waals surface area contributed by atoms with E-state index in [0.29, 0.717) is 36.5 Å². The van der Waals surface area contributed by atoms with E-state index < -0.39 is 0 Å². The van der Waals surface area contributed by atoms with Crippen LogP contribution in [0.4, 0.5) is 0 Å². The maximum absolute atomic E-state index is 11.4. The van der Waals surface area contributed by atoms with Crippen molar-refractivity contribution < 1.29 is 23.8 Å². The van der Waals surface area contributed by atoms with E-state index in [9.17, 15) is 9.59 Å². The Morgan fingerprint density at radius 3 is 2.55 bits per heavy atom. The molecule has 0 N–H and O–H groups in total. The molecule has 0 atom stereocenters. The largest absolute Gasteiger partial charge is 0.497 e. The third-order valence-corrected chi connectivity index (χ3v) is 4.32. The number of hydrogen-bond donors (Lipinski definition) is 0. The summed E-state index contributed by atoms with van der Waals surface area (Å²) in [5.74, 6) is 1.13. The number of aromatic nitrogens is 1. The van der Waals surface area contributed by atoms with Crippen LogP contribution in [0, 0.1) is 0 Å². The van der Waals surface area contributed by atoms with Crippen molar-refractivity contribution in [3.05, 3.63) is 59.4 Å². The summed E-state index contributed by atoms with van der Waals surface area (Å²) in [7, 11) is 3.00. The van der Waals surface area contributed by atoms with Crippen molar-refractivity contribution in [3.63, 3.8) is 0 Å². The lowest BCUT2D eigenvalue weighted by atomic mass is 10.1. The molecular weight excluding hydrogens is 370 g/mol. The lowest BCUT2D eigenvalue weighted by molar-refractivity contribution is -0.140. The molecule has 2 rings (SSSR count). The molecular formula is C23H27NO5. The molecule has 0 saturated carbocycles. The Morgan fingerprint density at radius 1 is 1.07 bits per heavy atom. The third kappa shape index (κ3) is 7.78. The highest BCUT2D eigenvalue weighted by molar-refractivity contribution is 5.72. The van der Waals surface area contributed by atoms with Crippen molar-refractivity contribution in [2.75, 3.05) is 20.8 Å². The van der Waals surface area contributed by atoms with Crippen molar-refractivity contribution >= 4 is 18.3 Å². The van der Waals surface area contributed by atoms with Crippen LogP contribution in [0.5, 0.6) is 11.5 Å². The Kier molecular flexibility index (Phi) is 9.42. The van der Waals surface area contributed by atoms with E-state index in [2.05, 4.69) is 21.9 Å². The highest BCUT2D eigenvalue weighted by Gasteiger charge is 2.10. The number of rotatable bonds is 12. The minimum Gasteiger partial charge on any atom is -0.497 e. The van der Waals surface area contributed by atoms with Crippen LogP contribution in [0.1, 0.15) is 47.4 Å².